The summed E-state index contributed by atoms with van der Waals surface area (Å²) in [4.78, 5) is 24.5. The van der Waals surface area contributed by atoms with E-state index in [1.54, 1.807) is 18.2 Å². The molecule has 1 amide bonds. The Hall–Kier alpha value is -3.02. The predicted molar refractivity (Wildman–Crippen MR) is 96.8 cm³/mol. The van der Waals surface area contributed by atoms with Crippen molar-refractivity contribution in [2.24, 2.45) is 0 Å². The minimum atomic E-state index is -0.929. The number of nitrogens with one attached hydrogen (secondary N) is 1. The number of rotatable bonds is 5. The maximum Gasteiger partial charge on any atom is 0.339 e. The molecule has 0 aliphatic carbocycles. The normalized spacial score (nSPS) is 13.6. The highest BCUT2D eigenvalue weighted by Gasteiger charge is 2.21. The standard InChI is InChI=1S/C20H21NO5/c1-3-14-4-7-16(8-5-14)21-19(22)13(2)26-20(23)15-6-9-17-18(12-15)25-11-10-24-17/h4-9,12-13H,3,10-11H2,1-2H3,(H,21,22)/t13-/m1/s1. The van der Waals surface area contributed by atoms with Gasteiger partial charge in [0, 0.05) is 5.69 Å². The van der Waals surface area contributed by atoms with Crippen LogP contribution in [-0.2, 0) is 16.0 Å². The SMILES string of the molecule is CCc1ccc(NC(=O)[C@@H](C)OC(=O)c2ccc3c(c2)OCCO3)cc1. The molecule has 1 aliphatic rings. The first-order valence-corrected chi connectivity index (χ1v) is 8.57. The van der Waals surface area contributed by atoms with Crippen LogP contribution in [0.3, 0.4) is 0 Å². The Morgan fingerprint density at radius 1 is 1.08 bits per heavy atom. The van der Waals surface area contributed by atoms with Crippen LogP contribution in [0.2, 0.25) is 0 Å². The zero-order chi connectivity index (χ0) is 18.5. The van der Waals surface area contributed by atoms with Gasteiger partial charge in [0.1, 0.15) is 13.2 Å². The van der Waals surface area contributed by atoms with Crippen molar-refractivity contribution >= 4 is 17.6 Å². The summed E-state index contributed by atoms with van der Waals surface area (Å²) in [7, 11) is 0. The number of carbonyl (C=O) groups excluding carboxylic acids is 2. The van der Waals surface area contributed by atoms with Crippen molar-refractivity contribution in [2.45, 2.75) is 26.4 Å². The molecule has 6 nitrogen and oxygen atoms in total. The lowest BCUT2D eigenvalue weighted by molar-refractivity contribution is -0.123. The third-order valence-electron chi connectivity index (χ3n) is 4.06. The van der Waals surface area contributed by atoms with Gasteiger partial charge in [0.15, 0.2) is 17.6 Å². The van der Waals surface area contributed by atoms with E-state index in [1.165, 1.54) is 12.5 Å². The molecule has 0 fully saturated rings. The molecule has 1 N–H and O–H groups in total. The van der Waals surface area contributed by atoms with Crippen LogP contribution < -0.4 is 14.8 Å². The van der Waals surface area contributed by atoms with Crippen molar-refractivity contribution in [3.05, 3.63) is 53.6 Å². The monoisotopic (exact) mass is 355 g/mol. The highest BCUT2D eigenvalue weighted by atomic mass is 16.6. The van der Waals surface area contributed by atoms with Gasteiger partial charge in [0.2, 0.25) is 0 Å². The molecule has 6 heteroatoms. The average Bonchev–Trinajstić information content (AvgIpc) is 2.68. The third-order valence-corrected chi connectivity index (χ3v) is 4.06. The van der Waals surface area contributed by atoms with Crippen LogP contribution in [0.4, 0.5) is 5.69 Å². The number of hydrogen-bond acceptors (Lipinski definition) is 5. The van der Waals surface area contributed by atoms with Gasteiger partial charge >= 0.3 is 5.97 Å². The smallest absolute Gasteiger partial charge is 0.339 e. The van der Waals surface area contributed by atoms with Gasteiger partial charge < -0.3 is 19.5 Å². The summed E-state index contributed by atoms with van der Waals surface area (Å²) < 4.78 is 16.1. The van der Waals surface area contributed by atoms with Crippen LogP contribution in [0.25, 0.3) is 0 Å². The number of esters is 1. The maximum atomic E-state index is 12.3. The first kappa shape index (κ1) is 17.8. The molecule has 1 atom stereocenters. The summed E-state index contributed by atoms with van der Waals surface area (Å²) in [6.07, 6.45) is -0.000770. The quantitative estimate of drug-likeness (QED) is 0.834. The van der Waals surface area contributed by atoms with Crippen LogP contribution >= 0.6 is 0 Å². The fraction of sp³-hybridized carbons (Fsp3) is 0.300. The molecule has 0 radical (unpaired) electrons. The summed E-state index contributed by atoms with van der Waals surface area (Å²) in [5.74, 6) is 0.110. The molecule has 0 bridgehead atoms. The molecular formula is C20H21NO5. The molecular weight excluding hydrogens is 334 g/mol. The lowest BCUT2D eigenvalue weighted by Crippen LogP contribution is -2.30. The summed E-state index contributed by atoms with van der Waals surface area (Å²) in [6.45, 7) is 4.51. The zero-order valence-electron chi connectivity index (χ0n) is 14.8. The average molecular weight is 355 g/mol. The molecule has 1 heterocycles. The van der Waals surface area contributed by atoms with Gasteiger partial charge in [0.25, 0.3) is 5.91 Å². The van der Waals surface area contributed by atoms with Crippen LogP contribution in [-0.4, -0.2) is 31.2 Å². The molecule has 3 rings (SSSR count). The lowest BCUT2D eigenvalue weighted by atomic mass is 10.1. The number of carbonyl (C=O) groups is 2. The summed E-state index contributed by atoms with van der Waals surface area (Å²) in [5.41, 5.74) is 2.15. The minimum absolute atomic E-state index is 0.307. The highest BCUT2D eigenvalue weighted by molar-refractivity contribution is 5.97. The molecule has 0 spiro atoms. The predicted octanol–water partition coefficient (Wildman–Crippen LogP) is 3.20. The molecule has 2 aromatic rings. The number of amides is 1. The number of benzene rings is 2. The Balaban J connectivity index is 1.60. The van der Waals surface area contributed by atoms with Gasteiger partial charge in [0.05, 0.1) is 5.56 Å². The van der Waals surface area contributed by atoms with E-state index < -0.39 is 12.1 Å². The highest BCUT2D eigenvalue weighted by Crippen LogP contribution is 2.31. The second-order valence-corrected chi connectivity index (χ2v) is 5.95. The van der Waals surface area contributed by atoms with Crippen LogP contribution in [0.15, 0.2) is 42.5 Å². The Labute approximate surface area is 152 Å². The van der Waals surface area contributed by atoms with Crippen LogP contribution in [0, 0.1) is 0 Å². The van der Waals surface area contributed by atoms with Gasteiger partial charge in [-0.3, -0.25) is 4.79 Å². The van der Waals surface area contributed by atoms with Crippen molar-refractivity contribution in [2.75, 3.05) is 18.5 Å². The number of hydrogen-bond donors (Lipinski definition) is 1. The summed E-state index contributed by atoms with van der Waals surface area (Å²) in [5, 5.41) is 2.74. The largest absolute Gasteiger partial charge is 0.486 e. The number of ether oxygens (including phenoxy) is 3. The zero-order valence-corrected chi connectivity index (χ0v) is 14.8. The van der Waals surface area contributed by atoms with E-state index in [2.05, 4.69) is 12.2 Å². The fourth-order valence-electron chi connectivity index (χ4n) is 2.52. The van der Waals surface area contributed by atoms with Crippen LogP contribution in [0.1, 0.15) is 29.8 Å². The van der Waals surface area contributed by atoms with Crippen molar-refractivity contribution in [1.82, 2.24) is 0 Å². The molecule has 0 aromatic heterocycles. The topological polar surface area (TPSA) is 73.9 Å². The Morgan fingerprint density at radius 2 is 1.77 bits per heavy atom. The molecule has 136 valence electrons. The Bertz CT molecular complexity index is 800. The molecule has 0 unspecified atom stereocenters. The lowest BCUT2D eigenvalue weighted by Gasteiger charge is -2.19. The number of aryl methyl sites for hydroxylation is 1. The maximum absolute atomic E-state index is 12.3. The minimum Gasteiger partial charge on any atom is -0.486 e. The van der Waals surface area contributed by atoms with E-state index in [1.807, 2.05) is 24.3 Å². The second-order valence-electron chi connectivity index (χ2n) is 5.95. The third kappa shape index (κ3) is 4.14. The summed E-state index contributed by atoms with van der Waals surface area (Å²) >= 11 is 0. The summed E-state index contributed by atoms with van der Waals surface area (Å²) in [6, 6.07) is 12.3. The van der Waals surface area contributed by atoms with E-state index in [9.17, 15) is 9.59 Å². The fourth-order valence-corrected chi connectivity index (χ4v) is 2.52. The van der Waals surface area contributed by atoms with Gasteiger partial charge in [-0.2, -0.15) is 0 Å². The Kier molecular flexibility index (Phi) is 5.41. The van der Waals surface area contributed by atoms with Crippen molar-refractivity contribution in [3.63, 3.8) is 0 Å². The number of anilines is 1. The van der Waals surface area contributed by atoms with Gasteiger partial charge in [-0.15, -0.1) is 0 Å². The van der Waals surface area contributed by atoms with E-state index in [-0.39, 0.29) is 5.91 Å². The van der Waals surface area contributed by atoms with E-state index in [4.69, 9.17) is 14.2 Å². The van der Waals surface area contributed by atoms with E-state index in [0.29, 0.717) is 36.0 Å². The number of fused-ring (bicyclic) bond motifs is 1. The first-order chi connectivity index (χ1) is 12.6. The molecule has 0 saturated heterocycles. The molecule has 0 saturated carbocycles. The van der Waals surface area contributed by atoms with E-state index >= 15 is 0 Å². The first-order valence-electron chi connectivity index (χ1n) is 8.57. The van der Waals surface area contributed by atoms with E-state index in [0.717, 1.165) is 6.42 Å². The Morgan fingerprint density at radius 3 is 2.46 bits per heavy atom. The van der Waals surface area contributed by atoms with Crippen molar-refractivity contribution < 1.29 is 23.8 Å². The van der Waals surface area contributed by atoms with Crippen LogP contribution in [0.5, 0.6) is 11.5 Å². The molecule has 1 aliphatic heterocycles. The van der Waals surface area contributed by atoms with Gasteiger partial charge in [-0.05, 0) is 49.2 Å². The van der Waals surface area contributed by atoms with Gasteiger partial charge in [-0.1, -0.05) is 19.1 Å². The van der Waals surface area contributed by atoms with Gasteiger partial charge in [-0.25, -0.2) is 4.79 Å². The van der Waals surface area contributed by atoms with Crippen molar-refractivity contribution in [1.29, 1.82) is 0 Å². The molecule has 2 aromatic carbocycles. The van der Waals surface area contributed by atoms with Crippen molar-refractivity contribution in [3.8, 4) is 11.5 Å². The second kappa shape index (κ2) is 7.91. The molecule has 26 heavy (non-hydrogen) atoms.